The second-order valence-electron chi connectivity index (χ2n) is 7.55. The molecule has 0 saturated carbocycles. The zero-order valence-corrected chi connectivity index (χ0v) is 16.7. The molecular weight excluding hydrogens is 348 g/mol. The fourth-order valence-corrected chi connectivity index (χ4v) is 4.09. The first-order valence-electron chi connectivity index (χ1n) is 9.95. The molecule has 0 radical (unpaired) electrons. The van der Waals surface area contributed by atoms with Gasteiger partial charge in [0.1, 0.15) is 11.5 Å². The predicted molar refractivity (Wildman–Crippen MR) is 112 cm³/mol. The van der Waals surface area contributed by atoms with Crippen molar-refractivity contribution in [1.29, 1.82) is 0 Å². The summed E-state index contributed by atoms with van der Waals surface area (Å²) in [6, 6.07) is 12.1. The number of benzene rings is 1. The molecule has 1 N–H and O–H groups in total. The maximum Gasteiger partial charge on any atom is 0.276 e. The lowest BCUT2D eigenvalue weighted by molar-refractivity contribution is 0.102. The zero-order chi connectivity index (χ0) is 19.7. The molecule has 3 heterocycles. The first kappa shape index (κ1) is 18.4. The van der Waals surface area contributed by atoms with Crippen LogP contribution >= 0.6 is 0 Å². The summed E-state index contributed by atoms with van der Waals surface area (Å²) in [7, 11) is 0. The standard InChI is InChI=1S/C23H26N4O/c1-15-14-16(2)24-17(3)20(15)26-23(28)21-19-12-8-5-9-13-27(19)22(25-21)18-10-6-4-7-11-18/h4,6-7,10-11,14H,5,8-9,12-13H2,1-3H3,(H,26,28). The molecule has 5 nitrogen and oxygen atoms in total. The Morgan fingerprint density at radius 3 is 2.57 bits per heavy atom. The van der Waals surface area contributed by atoms with Crippen molar-refractivity contribution in [2.45, 2.75) is 53.0 Å². The summed E-state index contributed by atoms with van der Waals surface area (Å²) in [5, 5.41) is 3.08. The van der Waals surface area contributed by atoms with E-state index in [1.54, 1.807) is 0 Å². The van der Waals surface area contributed by atoms with Gasteiger partial charge in [0.05, 0.1) is 17.1 Å². The van der Waals surface area contributed by atoms with Gasteiger partial charge >= 0.3 is 0 Å². The smallest absolute Gasteiger partial charge is 0.276 e. The van der Waals surface area contributed by atoms with E-state index in [-0.39, 0.29) is 5.91 Å². The number of imidazole rings is 1. The van der Waals surface area contributed by atoms with Gasteiger partial charge in [0.15, 0.2) is 0 Å². The van der Waals surface area contributed by atoms with Crippen molar-refractivity contribution < 1.29 is 4.79 Å². The summed E-state index contributed by atoms with van der Waals surface area (Å²) in [4.78, 5) is 22.5. The number of amides is 1. The minimum atomic E-state index is -0.148. The van der Waals surface area contributed by atoms with Crippen LogP contribution in [-0.2, 0) is 13.0 Å². The van der Waals surface area contributed by atoms with Crippen LogP contribution in [0.1, 0.15) is 52.4 Å². The quantitative estimate of drug-likeness (QED) is 0.713. The molecule has 0 spiro atoms. The highest BCUT2D eigenvalue weighted by atomic mass is 16.1. The van der Waals surface area contributed by atoms with Crippen LogP contribution in [0.4, 0.5) is 5.69 Å². The fraction of sp³-hybridized carbons (Fsp3) is 0.348. The van der Waals surface area contributed by atoms with Crippen LogP contribution < -0.4 is 5.32 Å². The molecule has 0 aliphatic carbocycles. The van der Waals surface area contributed by atoms with Crippen LogP contribution in [-0.4, -0.2) is 20.4 Å². The second kappa shape index (κ2) is 7.58. The number of fused-ring (bicyclic) bond motifs is 1. The van der Waals surface area contributed by atoms with Crippen molar-refractivity contribution in [3.05, 3.63) is 64.7 Å². The summed E-state index contributed by atoms with van der Waals surface area (Å²) in [5.74, 6) is 0.739. The Kier molecular flexibility index (Phi) is 4.99. The third-order valence-corrected chi connectivity index (χ3v) is 5.38. The number of nitrogens with zero attached hydrogens (tertiary/aromatic N) is 3. The summed E-state index contributed by atoms with van der Waals surface area (Å²) in [6.07, 6.45) is 4.26. The second-order valence-corrected chi connectivity index (χ2v) is 7.55. The Bertz CT molecular complexity index is 998. The molecule has 0 saturated heterocycles. The van der Waals surface area contributed by atoms with Gasteiger partial charge in [-0.15, -0.1) is 0 Å². The number of pyridine rings is 1. The van der Waals surface area contributed by atoms with Crippen molar-refractivity contribution in [1.82, 2.24) is 14.5 Å². The monoisotopic (exact) mass is 374 g/mol. The minimum absolute atomic E-state index is 0.148. The normalized spacial score (nSPS) is 13.7. The first-order chi connectivity index (χ1) is 13.5. The number of carbonyl (C=O) groups excluding carboxylic acids is 1. The Balaban J connectivity index is 1.75. The van der Waals surface area contributed by atoms with Crippen LogP contribution in [0.25, 0.3) is 11.4 Å². The summed E-state index contributed by atoms with van der Waals surface area (Å²) in [5.41, 5.74) is 6.23. The van der Waals surface area contributed by atoms with Crippen LogP contribution in [0.2, 0.25) is 0 Å². The summed E-state index contributed by atoms with van der Waals surface area (Å²) >= 11 is 0. The molecule has 0 fully saturated rings. The molecule has 1 aliphatic rings. The first-order valence-corrected chi connectivity index (χ1v) is 9.95. The predicted octanol–water partition coefficient (Wildman–Crippen LogP) is 4.85. The molecule has 3 aromatic rings. The molecule has 0 atom stereocenters. The lowest BCUT2D eigenvalue weighted by atomic mass is 10.1. The number of hydrogen-bond acceptors (Lipinski definition) is 3. The Labute approximate surface area is 165 Å². The highest BCUT2D eigenvalue weighted by Crippen LogP contribution is 2.28. The number of carbonyl (C=O) groups is 1. The lowest BCUT2D eigenvalue weighted by Crippen LogP contribution is -2.17. The van der Waals surface area contributed by atoms with Gasteiger partial charge in [0.2, 0.25) is 0 Å². The minimum Gasteiger partial charge on any atom is -0.327 e. The van der Waals surface area contributed by atoms with Gasteiger partial charge in [0, 0.05) is 17.8 Å². The Hall–Kier alpha value is -2.95. The van der Waals surface area contributed by atoms with Crippen molar-refractivity contribution in [3.63, 3.8) is 0 Å². The molecular formula is C23H26N4O. The van der Waals surface area contributed by atoms with Gasteiger partial charge in [-0.25, -0.2) is 4.98 Å². The average molecular weight is 374 g/mol. The van der Waals surface area contributed by atoms with E-state index in [9.17, 15) is 4.79 Å². The number of aryl methyl sites for hydroxylation is 3. The zero-order valence-electron chi connectivity index (χ0n) is 16.7. The number of anilines is 1. The van der Waals surface area contributed by atoms with Crippen molar-refractivity contribution >= 4 is 11.6 Å². The topological polar surface area (TPSA) is 59.8 Å². The molecule has 0 unspecified atom stereocenters. The Morgan fingerprint density at radius 1 is 1.04 bits per heavy atom. The maximum absolute atomic E-state index is 13.2. The molecule has 1 amide bonds. The molecule has 2 aromatic heterocycles. The molecule has 144 valence electrons. The van der Waals surface area contributed by atoms with E-state index in [1.807, 2.05) is 45.0 Å². The van der Waals surface area contributed by atoms with Gasteiger partial charge in [0.25, 0.3) is 5.91 Å². The van der Waals surface area contributed by atoms with Gasteiger partial charge in [-0.3, -0.25) is 9.78 Å². The van der Waals surface area contributed by atoms with E-state index in [0.717, 1.165) is 65.5 Å². The third kappa shape index (κ3) is 3.44. The molecule has 0 bridgehead atoms. The number of aromatic nitrogens is 3. The molecule has 1 aromatic carbocycles. The van der Waals surface area contributed by atoms with E-state index >= 15 is 0 Å². The van der Waals surface area contributed by atoms with Gasteiger partial charge in [-0.1, -0.05) is 36.8 Å². The van der Waals surface area contributed by atoms with Crippen LogP contribution in [0.5, 0.6) is 0 Å². The summed E-state index contributed by atoms with van der Waals surface area (Å²) in [6.45, 7) is 6.80. The number of nitrogens with one attached hydrogen (secondary N) is 1. The highest BCUT2D eigenvalue weighted by Gasteiger charge is 2.25. The van der Waals surface area contributed by atoms with Crippen molar-refractivity contribution in [2.24, 2.45) is 0 Å². The average Bonchev–Trinajstić information content (AvgIpc) is 2.86. The van der Waals surface area contributed by atoms with E-state index in [4.69, 9.17) is 4.98 Å². The van der Waals surface area contributed by atoms with E-state index in [2.05, 4.69) is 27.0 Å². The largest absolute Gasteiger partial charge is 0.327 e. The van der Waals surface area contributed by atoms with E-state index in [0.29, 0.717) is 5.69 Å². The highest BCUT2D eigenvalue weighted by molar-refractivity contribution is 6.05. The lowest BCUT2D eigenvalue weighted by Gasteiger charge is -2.12. The maximum atomic E-state index is 13.2. The third-order valence-electron chi connectivity index (χ3n) is 5.38. The van der Waals surface area contributed by atoms with Crippen molar-refractivity contribution in [3.8, 4) is 11.4 Å². The van der Waals surface area contributed by atoms with Crippen LogP contribution in [0.15, 0.2) is 36.4 Å². The van der Waals surface area contributed by atoms with Crippen LogP contribution in [0.3, 0.4) is 0 Å². The van der Waals surface area contributed by atoms with E-state index in [1.165, 1.54) is 6.42 Å². The number of rotatable bonds is 3. The fourth-order valence-electron chi connectivity index (χ4n) is 4.09. The molecule has 28 heavy (non-hydrogen) atoms. The van der Waals surface area contributed by atoms with Crippen LogP contribution in [0, 0.1) is 20.8 Å². The molecule has 4 rings (SSSR count). The van der Waals surface area contributed by atoms with E-state index < -0.39 is 0 Å². The molecule has 1 aliphatic heterocycles. The summed E-state index contributed by atoms with van der Waals surface area (Å²) < 4.78 is 2.24. The number of hydrogen-bond donors (Lipinski definition) is 1. The SMILES string of the molecule is Cc1cc(C)c(NC(=O)c2nc(-c3ccccc3)n3c2CCCCC3)c(C)n1. The Morgan fingerprint density at radius 2 is 1.82 bits per heavy atom. The van der Waals surface area contributed by atoms with Gasteiger partial charge in [-0.2, -0.15) is 0 Å². The van der Waals surface area contributed by atoms with Crippen molar-refractivity contribution in [2.75, 3.05) is 5.32 Å². The van der Waals surface area contributed by atoms with Gasteiger partial charge < -0.3 is 9.88 Å². The molecule has 5 heteroatoms. The van der Waals surface area contributed by atoms with Gasteiger partial charge in [-0.05, 0) is 51.7 Å².